The third-order valence-corrected chi connectivity index (χ3v) is 6.86. The number of amidine groups is 1. The number of imide groups is 1. The predicted molar refractivity (Wildman–Crippen MR) is 121 cm³/mol. The van der Waals surface area contributed by atoms with E-state index in [0.717, 1.165) is 11.3 Å². The molecule has 1 unspecified atom stereocenters. The third-order valence-electron chi connectivity index (χ3n) is 5.48. The first-order valence-corrected chi connectivity index (χ1v) is 11.8. The first-order chi connectivity index (χ1) is 15.7. The summed E-state index contributed by atoms with van der Waals surface area (Å²) >= 11 is 0. The topological polar surface area (TPSA) is 137 Å². The standard InChI is InChI=1S/C22H23N5O5S/c1-22(15-7-3-2-4-8-15)20(29)27(21(30)25-22)14-19(28)24-16-9-5-10-17(13-16)33(31,32)26-18-11-6-12-23-18/h2-5,7-10,13H,6,11-12,14H2,1H3,(H,23,26)(H,24,28)(H,25,30). The number of benzene rings is 2. The van der Waals surface area contributed by atoms with Crippen molar-refractivity contribution in [2.75, 3.05) is 18.4 Å². The fraction of sp³-hybridized carbons (Fsp3) is 0.273. The Bertz CT molecular complexity index is 1240. The lowest BCUT2D eigenvalue weighted by Gasteiger charge is -2.22. The number of hydrogen-bond donors (Lipinski definition) is 3. The second-order valence-corrected chi connectivity index (χ2v) is 9.61. The van der Waals surface area contributed by atoms with Gasteiger partial charge in [0, 0.05) is 18.7 Å². The van der Waals surface area contributed by atoms with E-state index in [1.165, 1.54) is 24.3 Å². The van der Waals surface area contributed by atoms with E-state index < -0.39 is 40.0 Å². The van der Waals surface area contributed by atoms with Gasteiger partial charge in [0.05, 0.1) is 4.90 Å². The normalized spacial score (nSPS) is 20.4. The smallest absolute Gasteiger partial charge is 0.324 e. The highest BCUT2D eigenvalue weighted by Gasteiger charge is 2.49. The predicted octanol–water partition coefficient (Wildman–Crippen LogP) is 1.56. The molecule has 0 spiro atoms. The number of rotatable bonds is 6. The second-order valence-electron chi connectivity index (χ2n) is 7.93. The SMILES string of the molecule is CC1(c2ccccc2)NC(=O)N(CC(=O)Nc2cccc(S(=O)(=O)NC3=NCCC3)c2)C1=O. The maximum absolute atomic E-state index is 12.9. The number of nitrogens with one attached hydrogen (secondary N) is 3. The number of nitrogens with zero attached hydrogens (tertiary/aromatic N) is 2. The number of hydrogen-bond acceptors (Lipinski definition) is 6. The highest BCUT2D eigenvalue weighted by Crippen LogP contribution is 2.28. The molecule has 2 heterocycles. The Morgan fingerprint density at radius 3 is 2.61 bits per heavy atom. The number of carbonyl (C=O) groups is 3. The summed E-state index contributed by atoms with van der Waals surface area (Å²) in [5, 5.41) is 5.19. The number of anilines is 1. The van der Waals surface area contributed by atoms with Crippen molar-refractivity contribution in [3.63, 3.8) is 0 Å². The van der Waals surface area contributed by atoms with Gasteiger partial charge in [-0.3, -0.25) is 24.2 Å². The molecule has 0 aliphatic carbocycles. The minimum Gasteiger partial charge on any atom is -0.324 e. The van der Waals surface area contributed by atoms with Crippen molar-refractivity contribution in [1.29, 1.82) is 0 Å². The molecule has 2 aliphatic heterocycles. The number of carbonyl (C=O) groups excluding carboxylic acids is 3. The Labute approximate surface area is 191 Å². The van der Waals surface area contributed by atoms with Crippen LogP contribution in [0, 0.1) is 0 Å². The monoisotopic (exact) mass is 469 g/mol. The molecule has 2 aromatic rings. The van der Waals surface area contributed by atoms with E-state index in [4.69, 9.17) is 0 Å². The van der Waals surface area contributed by atoms with Crippen LogP contribution in [0.2, 0.25) is 0 Å². The molecule has 0 aromatic heterocycles. The molecule has 0 bridgehead atoms. The van der Waals surface area contributed by atoms with Crippen molar-refractivity contribution in [3.8, 4) is 0 Å². The molecule has 1 saturated heterocycles. The lowest BCUT2D eigenvalue weighted by molar-refractivity contribution is -0.133. The first kappa shape index (κ1) is 22.5. The van der Waals surface area contributed by atoms with Crippen molar-refractivity contribution in [3.05, 3.63) is 60.2 Å². The van der Waals surface area contributed by atoms with Gasteiger partial charge in [0.2, 0.25) is 5.91 Å². The van der Waals surface area contributed by atoms with E-state index in [1.54, 1.807) is 37.3 Å². The molecule has 3 N–H and O–H groups in total. The molecule has 4 amide bonds. The molecule has 10 nitrogen and oxygen atoms in total. The van der Waals surface area contributed by atoms with E-state index in [1.807, 2.05) is 0 Å². The van der Waals surface area contributed by atoms with Gasteiger partial charge in [-0.2, -0.15) is 0 Å². The van der Waals surface area contributed by atoms with Gasteiger partial charge in [-0.05, 0) is 37.1 Å². The zero-order valence-corrected chi connectivity index (χ0v) is 18.7. The van der Waals surface area contributed by atoms with Crippen LogP contribution in [0.1, 0.15) is 25.3 Å². The van der Waals surface area contributed by atoms with Gasteiger partial charge in [-0.25, -0.2) is 13.2 Å². The van der Waals surface area contributed by atoms with Gasteiger partial charge in [0.1, 0.15) is 17.9 Å². The summed E-state index contributed by atoms with van der Waals surface area (Å²) in [6, 6.07) is 13.8. The number of sulfonamides is 1. The van der Waals surface area contributed by atoms with Crippen molar-refractivity contribution >= 4 is 39.4 Å². The summed E-state index contributed by atoms with van der Waals surface area (Å²) < 4.78 is 27.6. The van der Waals surface area contributed by atoms with Gasteiger partial charge in [-0.1, -0.05) is 36.4 Å². The van der Waals surface area contributed by atoms with Gasteiger partial charge in [0.25, 0.3) is 15.9 Å². The zero-order chi connectivity index (χ0) is 23.6. The molecule has 1 fully saturated rings. The molecule has 11 heteroatoms. The highest BCUT2D eigenvalue weighted by atomic mass is 32.2. The largest absolute Gasteiger partial charge is 0.325 e. The Hall–Kier alpha value is -3.73. The molecule has 2 aromatic carbocycles. The molecule has 0 radical (unpaired) electrons. The average molecular weight is 470 g/mol. The number of amides is 4. The molecule has 33 heavy (non-hydrogen) atoms. The van der Waals surface area contributed by atoms with Crippen LogP contribution < -0.4 is 15.4 Å². The lowest BCUT2D eigenvalue weighted by atomic mass is 9.92. The number of aliphatic imine (C=N–C) groups is 1. The Kier molecular flexibility index (Phi) is 5.90. The van der Waals surface area contributed by atoms with Crippen molar-refractivity contribution in [2.24, 2.45) is 4.99 Å². The molecule has 0 saturated carbocycles. The Balaban J connectivity index is 1.44. The van der Waals surface area contributed by atoms with Gasteiger partial charge >= 0.3 is 6.03 Å². The quantitative estimate of drug-likeness (QED) is 0.552. The van der Waals surface area contributed by atoms with Crippen LogP contribution in [0.15, 0.2) is 64.5 Å². The van der Waals surface area contributed by atoms with Crippen LogP contribution in [0.5, 0.6) is 0 Å². The molecule has 4 rings (SSSR count). The van der Waals surface area contributed by atoms with Gasteiger partial charge in [-0.15, -0.1) is 0 Å². The molecule has 172 valence electrons. The van der Waals surface area contributed by atoms with Crippen LogP contribution in [0.25, 0.3) is 0 Å². The summed E-state index contributed by atoms with van der Waals surface area (Å²) in [6.45, 7) is 1.65. The maximum Gasteiger partial charge on any atom is 0.325 e. The molecule has 2 aliphatic rings. The van der Waals surface area contributed by atoms with Crippen molar-refractivity contribution in [2.45, 2.75) is 30.2 Å². The van der Waals surface area contributed by atoms with E-state index in [9.17, 15) is 22.8 Å². The van der Waals surface area contributed by atoms with E-state index >= 15 is 0 Å². The minimum atomic E-state index is -3.85. The zero-order valence-electron chi connectivity index (χ0n) is 17.9. The maximum atomic E-state index is 12.9. The van der Waals surface area contributed by atoms with E-state index in [0.29, 0.717) is 24.4 Å². The molecular formula is C22H23N5O5S. The van der Waals surface area contributed by atoms with Crippen LogP contribution in [-0.2, 0) is 25.2 Å². The lowest BCUT2D eigenvalue weighted by Crippen LogP contribution is -2.42. The third kappa shape index (κ3) is 4.58. The first-order valence-electron chi connectivity index (χ1n) is 10.3. The summed E-state index contributed by atoms with van der Waals surface area (Å²) in [6.07, 6.45) is 1.35. The Morgan fingerprint density at radius 2 is 1.91 bits per heavy atom. The van der Waals surface area contributed by atoms with Crippen LogP contribution in [0.3, 0.4) is 0 Å². The molecule has 1 atom stereocenters. The van der Waals surface area contributed by atoms with Crippen molar-refractivity contribution in [1.82, 2.24) is 14.9 Å². The van der Waals surface area contributed by atoms with Gasteiger partial charge < -0.3 is 10.6 Å². The fourth-order valence-electron chi connectivity index (χ4n) is 3.73. The van der Waals surface area contributed by atoms with E-state index in [2.05, 4.69) is 20.3 Å². The average Bonchev–Trinajstić information content (AvgIpc) is 3.36. The minimum absolute atomic E-state index is 0.0402. The summed E-state index contributed by atoms with van der Waals surface area (Å²) in [5.74, 6) is -0.783. The van der Waals surface area contributed by atoms with Crippen LogP contribution >= 0.6 is 0 Å². The number of urea groups is 1. The highest BCUT2D eigenvalue weighted by molar-refractivity contribution is 7.90. The fourth-order valence-corrected chi connectivity index (χ4v) is 4.86. The second kappa shape index (κ2) is 8.66. The molecular weight excluding hydrogens is 446 g/mol. The summed E-state index contributed by atoms with van der Waals surface area (Å²) in [4.78, 5) is 42.8. The van der Waals surface area contributed by atoms with Gasteiger partial charge in [0.15, 0.2) is 0 Å². The van der Waals surface area contributed by atoms with Crippen molar-refractivity contribution < 1.29 is 22.8 Å². The van der Waals surface area contributed by atoms with Crippen LogP contribution in [0.4, 0.5) is 10.5 Å². The van der Waals surface area contributed by atoms with Crippen LogP contribution in [-0.4, -0.2) is 50.1 Å². The summed E-state index contributed by atoms with van der Waals surface area (Å²) in [5.41, 5.74) is -0.459. The van der Waals surface area contributed by atoms with E-state index in [-0.39, 0.29) is 10.6 Å². The summed E-state index contributed by atoms with van der Waals surface area (Å²) in [7, 11) is -3.85. The Morgan fingerprint density at radius 1 is 1.15 bits per heavy atom.